The Morgan fingerprint density at radius 2 is 1.90 bits per heavy atom. The number of amides is 2. The lowest BCUT2D eigenvalue weighted by atomic mass is 10.2. The van der Waals surface area contributed by atoms with Gasteiger partial charge in [0.05, 0.1) is 25.8 Å². The maximum absolute atomic E-state index is 12.5. The van der Waals surface area contributed by atoms with Crippen LogP contribution in [0.15, 0.2) is 24.3 Å². The molecule has 0 fully saturated rings. The molecule has 2 amide bonds. The van der Waals surface area contributed by atoms with E-state index in [1.165, 1.54) is 4.68 Å². The van der Waals surface area contributed by atoms with Crippen molar-refractivity contribution in [1.29, 1.82) is 0 Å². The lowest BCUT2D eigenvalue weighted by molar-refractivity contribution is -0.144. The van der Waals surface area contributed by atoms with Gasteiger partial charge in [-0.1, -0.05) is 12.1 Å². The molecule has 2 N–H and O–H groups in total. The third-order valence-electron chi connectivity index (χ3n) is 4.68. The first kappa shape index (κ1) is 22.7. The van der Waals surface area contributed by atoms with Gasteiger partial charge < -0.3 is 20.1 Å². The molecule has 2 aromatic rings. The highest BCUT2D eigenvalue weighted by Crippen LogP contribution is 2.34. The van der Waals surface area contributed by atoms with E-state index in [-0.39, 0.29) is 37.8 Å². The summed E-state index contributed by atoms with van der Waals surface area (Å²) in [5.74, 6) is 1.79. The van der Waals surface area contributed by atoms with Crippen LogP contribution in [0.4, 0.5) is 5.82 Å². The van der Waals surface area contributed by atoms with Crippen LogP contribution >= 0.6 is 11.8 Å². The van der Waals surface area contributed by atoms with Gasteiger partial charge in [-0.15, -0.1) is 0 Å². The molecule has 0 spiro atoms. The fraction of sp³-hybridized carbons (Fsp3) is 0.429. The second-order valence-electron chi connectivity index (χ2n) is 6.90. The number of esters is 1. The van der Waals surface area contributed by atoms with Crippen molar-refractivity contribution < 1.29 is 23.9 Å². The number of carbonyl (C=O) groups is 3. The Kier molecular flexibility index (Phi) is 7.94. The topological polar surface area (TPSA) is 112 Å². The number of fused-ring (bicyclic) bond motifs is 1. The summed E-state index contributed by atoms with van der Waals surface area (Å²) in [5, 5.41) is 10.2. The SMILES string of the molecule is CCOC(=O)CCC(=O)Nc1c2c(nn1CC(=O)NCc1ccc(OC)cc1)CSC2. The minimum atomic E-state index is -0.412. The number of carbonyl (C=O) groups excluding carboxylic acids is 3. The number of nitrogens with one attached hydrogen (secondary N) is 2. The van der Waals surface area contributed by atoms with E-state index in [4.69, 9.17) is 9.47 Å². The van der Waals surface area contributed by atoms with Crippen LogP contribution in [0.5, 0.6) is 5.75 Å². The fourth-order valence-electron chi connectivity index (χ4n) is 3.10. The molecule has 1 aliphatic heterocycles. The Labute approximate surface area is 184 Å². The summed E-state index contributed by atoms with van der Waals surface area (Å²) in [7, 11) is 1.60. The van der Waals surface area contributed by atoms with E-state index in [0.29, 0.717) is 12.4 Å². The summed E-state index contributed by atoms with van der Waals surface area (Å²) in [6.07, 6.45) is 0.0166. The van der Waals surface area contributed by atoms with Crippen LogP contribution in [-0.4, -0.2) is 41.3 Å². The quantitative estimate of drug-likeness (QED) is 0.538. The zero-order chi connectivity index (χ0) is 22.2. The number of thioether (sulfide) groups is 1. The molecule has 31 heavy (non-hydrogen) atoms. The van der Waals surface area contributed by atoms with E-state index in [2.05, 4.69) is 15.7 Å². The number of hydrogen-bond acceptors (Lipinski definition) is 7. The van der Waals surface area contributed by atoms with Crippen molar-refractivity contribution in [3.63, 3.8) is 0 Å². The predicted molar refractivity (Wildman–Crippen MR) is 117 cm³/mol. The van der Waals surface area contributed by atoms with Gasteiger partial charge in [0.25, 0.3) is 0 Å². The number of methoxy groups -OCH3 is 1. The lowest BCUT2D eigenvalue weighted by Crippen LogP contribution is -2.29. The van der Waals surface area contributed by atoms with Crippen molar-refractivity contribution in [1.82, 2.24) is 15.1 Å². The van der Waals surface area contributed by atoms with E-state index < -0.39 is 5.97 Å². The zero-order valence-electron chi connectivity index (χ0n) is 17.6. The number of nitrogens with zero attached hydrogens (tertiary/aromatic N) is 2. The molecular formula is C21H26N4O5S. The third-order valence-corrected chi connectivity index (χ3v) is 5.65. The summed E-state index contributed by atoms with van der Waals surface area (Å²) < 4.78 is 11.5. The van der Waals surface area contributed by atoms with Crippen molar-refractivity contribution in [3.05, 3.63) is 41.1 Å². The monoisotopic (exact) mass is 446 g/mol. The van der Waals surface area contributed by atoms with Crippen molar-refractivity contribution >= 4 is 35.4 Å². The van der Waals surface area contributed by atoms with Crippen LogP contribution in [0.1, 0.15) is 36.6 Å². The lowest BCUT2D eigenvalue weighted by Gasteiger charge is -2.11. The molecule has 0 unspecified atom stereocenters. The first-order chi connectivity index (χ1) is 15.0. The molecule has 2 heterocycles. The summed E-state index contributed by atoms with van der Waals surface area (Å²) in [6, 6.07) is 7.43. The molecule has 0 saturated carbocycles. The number of rotatable bonds is 10. The highest BCUT2D eigenvalue weighted by Gasteiger charge is 2.25. The van der Waals surface area contributed by atoms with Gasteiger partial charge in [0.1, 0.15) is 18.1 Å². The van der Waals surface area contributed by atoms with Crippen molar-refractivity contribution in [2.24, 2.45) is 0 Å². The second kappa shape index (κ2) is 10.9. The minimum absolute atomic E-state index is 0.00704. The van der Waals surface area contributed by atoms with E-state index >= 15 is 0 Å². The molecule has 0 saturated heterocycles. The molecule has 1 aliphatic rings. The average molecular weight is 447 g/mol. The average Bonchev–Trinajstić information content (AvgIpc) is 3.34. The van der Waals surface area contributed by atoms with E-state index in [0.717, 1.165) is 34.1 Å². The Morgan fingerprint density at radius 1 is 1.13 bits per heavy atom. The van der Waals surface area contributed by atoms with Gasteiger partial charge in [-0.3, -0.25) is 14.4 Å². The number of ether oxygens (including phenoxy) is 2. The van der Waals surface area contributed by atoms with Gasteiger partial charge in [-0.25, -0.2) is 4.68 Å². The first-order valence-electron chi connectivity index (χ1n) is 10.0. The fourth-order valence-corrected chi connectivity index (χ4v) is 4.13. The van der Waals surface area contributed by atoms with Crippen LogP contribution in [0.3, 0.4) is 0 Å². The Balaban J connectivity index is 1.59. The van der Waals surface area contributed by atoms with Crippen LogP contribution in [0.2, 0.25) is 0 Å². The van der Waals surface area contributed by atoms with Gasteiger partial charge in [0.15, 0.2) is 0 Å². The molecule has 0 radical (unpaired) electrons. The highest BCUT2D eigenvalue weighted by atomic mass is 32.2. The van der Waals surface area contributed by atoms with E-state index in [1.54, 1.807) is 25.8 Å². The van der Waals surface area contributed by atoms with E-state index in [1.807, 2.05) is 24.3 Å². The summed E-state index contributed by atoms with van der Waals surface area (Å²) in [6.45, 7) is 2.36. The molecule has 1 aromatic carbocycles. The Hall–Kier alpha value is -3.01. The van der Waals surface area contributed by atoms with Gasteiger partial charge >= 0.3 is 5.97 Å². The number of hydrogen-bond donors (Lipinski definition) is 2. The van der Waals surface area contributed by atoms with Crippen LogP contribution in [0.25, 0.3) is 0 Å². The molecule has 0 atom stereocenters. The highest BCUT2D eigenvalue weighted by molar-refractivity contribution is 7.98. The third kappa shape index (κ3) is 6.24. The van der Waals surface area contributed by atoms with Gasteiger partial charge in [-0.05, 0) is 24.6 Å². The summed E-state index contributed by atoms with van der Waals surface area (Å²) in [4.78, 5) is 36.3. The van der Waals surface area contributed by atoms with Crippen molar-refractivity contribution in [2.45, 2.75) is 44.4 Å². The van der Waals surface area contributed by atoms with E-state index in [9.17, 15) is 14.4 Å². The number of benzene rings is 1. The first-order valence-corrected chi connectivity index (χ1v) is 11.2. The molecule has 10 heteroatoms. The number of aromatic nitrogens is 2. The molecule has 0 bridgehead atoms. The maximum Gasteiger partial charge on any atom is 0.306 e. The largest absolute Gasteiger partial charge is 0.497 e. The normalized spacial score (nSPS) is 12.2. The summed E-state index contributed by atoms with van der Waals surface area (Å²) >= 11 is 1.70. The van der Waals surface area contributed by atoms with Crippen LogP contribution < -0.4 is 15.4 Å². The smallest absolute Gasteiger partial charge is 0.306 e. The Bertz CT molecular complexity index is 942. The maximum atomic E-state index is 12.5. The molecule has 3 rings (SSSR count). The minimum Gasteiger partial charge on any atom is -0.497 e. The predicted octanol–water partition coefficient (Wildman–Crippen LogP) is 2.24. The molecule has 1 aromatic heterocycles. The second-order valence-corrected chi connectivity index (χ2v) is 7.89. The van der Waals surface area contributed by atoms with Gasteiger partial charge in [0, 0.05) is 30.0 Å². The standard InChI is InChI=1S/C21H26N4O5S/c1-3-30-20(28)9-8-18(26)23-21-16-12-31-13-17(16)24-25(21)11-19(27)22-10-14-4-6-15(29-2)7-5-14/h4-7H,3,8-13H2,1-2H3,(H,22,27)(H,23,26). The Morgan fingerprint density at radius 3 is 2.61 bits per heavy atom. The zero-order valence-corrected chi connectivity index (χ0v) is 18.4. The number of anilines is 1. The van der Waals surface area contributed by atoms with Crippen molar-refractivity contribution in [2.75, 3.05) is 19.0 Å². The van der Waals surface area contributed by atoms with Crippen LogP contribution in [-0.2, 0) is 43.7 Å². The molecular weight excluding hydrogens is 420 g/mol. The molecule has 9 nitrogen and oxygen atoms in total. The molecule has 166 valence electrons. The van der Waals surface area contributed by atoms with Gasteiger partial charge in [0.2, 0.25) is 11.8 Å². The molecule has 0 aliphatic carbocycles. The van der Waals surface area contributed by atoms with Crippen molar-refractivity contribution in [3.8, 4) is 5.75 Å². The van der Waals surface area contributed by atoms with Crippen LogP contribution in [0, 0.1) is 0 Å². The van der Waals surface area contributed by atoms with Gasteiger partial charge in [-0.2, -0.15) is 16.9 Å². The summed E-state index contributed by atoms with van der Waals surface area (Å²) in [5.41, 5.74) is 2.74.